The second-order valence-electron chi connectivity index (χ2n) is 5.88. The molecule has 2 rings (SSSR count). The molecule has 1 aromatic rings. The van der Waals surface area contributed by atoms with Crippen molar-refractivity contribution >= 4 is 21.8 Å². The Morgan fingerprint density at radius 3 is 2.27 bits per heavy atom. The summed E-state index contributed by atoms with van der Waals surface area (Å²) >= 11 is 0. The van der Waals surface area contributed by atoms with Gasteiger partial charge in [-0.25, -0.2) is 13.2 Å². The van der Waals surface area contributed by atoms with Crippen LogP contribution in [-0.4, -0.2) is 43.1 Å². The highest BCUT2D eigenvalue weighted by atomic mass is 32.2. The van der Waals surface area contributed by atoms with Crippen LogP contribution in [0.4, 0.5) is 4.79 Å². The first-order chi connectivity index (χ1) is 10.2. The average molecular weight is 324 g/mol. The molecule has 0 unspecified atom stereocenters. The Hall–Kier alpha value is -1.89. The molecule has 1 aromatic carbocycles. The predicted molar refractivity (Wildman–Crippen MR) is 82.0 cm³/mol. The van der Waals surface area contributed by atoms with Crippen LogP contribution in [0.1, 0.15) is 20.8 Å². The Morgan fingerprint density at radius 2 is 1.77 bits per heavy atom. The first-order valence-electron chi connectivity index (χ1n) is 7.10. The molecule has 1 saturated heterocycles. The molecule has 1 aliphatic heterocycles. The second-order valence-corrected chi connectivity index (χ2v) is 7.99. The minimum atomic E-state index is -3.53. The highest BCUT2D eigenvalue weighted by Crippen LogP contribution is 2.25. The van der Waals surface area contributed by atoms with Crippen molar-refractivity contribution < 1.29 is 18.0 Å². The van der Waals surface area contributed by atoms with Gasteiger partial charge in [0.15, 0.2) is 9.84 Å². The number of urea groups is 1. The van der Waals surface area contributed by atoms with Gasteiger partial charge in [-0.05, 0) is 25.0 Å². The van der Waals surface area contributed by atoms with E-state index in [2.05, 4.69) is 5.32 Å². The normalized spacial score (nSPS) is 22.3. The second kappa shape index (κ2) is 5.72. The summed E-state index contributed by atoms with van der Waals surface area (Å²) in [6.45, 7) is 5.18. The number of nitrogens with one attached hydrogen (secondary N) is 1. The number of hydrogen-bond donors (Lipinski definition) is 1. The van der Waals surface area contributed by atoms with Crippen LogP contribution in [0.2, 0.25) is 0 Å². The van der Waals surface area contributed by atoms with E-state index in [9.17, 15) is 18.0 Å². The zero-order valence-electron chi connectivity index (χ0n) is 12.9. The molecule has 6 nitrogen and oxygen atoms in total. The SMILES string of the molecule is CC(C)[C@@]1(C)NC(=O)N(CCS(=O)(=O)c2ccccc2)C1=O. The van der Waals surface area contributed by atoms with Gasteiger partial charge in [0.1, 0.15) is 5.54 Å². The molecule has 0 saturated carbocycles. The molecule has 0 spiro atoms. The summed E-state index contributed by atoms with van der Waals surface area (Å²) in [7, 11) is -3.53. The topological polar surface area (TPSA) is 83.6 Å². The highest BCUT2D eigenvalue weighted by Gasteiger charge is 2.49. The van der Waals surface area contributed by atoms with E-state index in [4.69, 9.17) is 0 Å². The van der Waals surface area contributed by atoms with Crippen LogP contribution in [0.15, 0.2) is 35.2 Å². The van der Waals surface area contributed by atoms with Gasteiger partial charge >= 0.3 is 6.03 Å². The maximum atomic E-state index is 12.4. The van der Waals surface area contributed by atoms with Crippen molar-refractivity contribution in [2.75, 3.05) is 12.3 Å². The lowest BCUT2D eigenvalue weighted by atomic mass is 9.88. The van der Waals surface area contributed by atoms with Gasteiger partial charge in [-0.2, -0.15) is 0 Å². The molecule has 3 amide bonds. The first kappa shape index (κ1) is 16.5. The van der Waals surface area contributed by atoms with Gasteiger partial charge in [0.2, 0.25) is 0 Å². The third kappa shape index (κ3) is 2.85. The van der Waals surface area contributed by atoms with Gasteiger partial charge < -0.3 is 5.32 Å². The summed E-state index contributed by atoms with van der Waals surface area (Å²) in [6, 6.07) is 7.46. The Balaban J connectivity index is 2.13. The fourth-order valence-corrected chi connectivity index (χ4v) is 3.50. The van der Waals surface area contributed by atoms with E-state index in [1.807, 2.05) is 13.8 Å². The molecule has 0 aliphatic carbocycles. The third-order valence-electron chi connectivity index (χ3n) is 4.14. The van der Waals surface area contributed by atoms with E-state index in [0.29, 0.717) is 0 Å². The van der Waals surface area contributed by atoms with Gasteiger partial charge in [-0.3, -0.25) is 9.69 Å². The van der Waals surface area contributed by atoms with E-state index in [-0.39, 0.29) is 29.0 Å². The monoisotopic (exact) mass is 324 g/mol. The molecule has 0 radical (unpaired) electrons. The van der Waals surface area contributed by atoms with Crippen LogP contribution in [0, 0.1) is 5.92 Å². The van der Waals surface area contributed by atoms with Crippen molar-refractivity contribution in [3.63, 3.8) is 0 Å². The smallest absolute Gasteiger partial charge is 0.323 e. The zero-order chi connectivity index (χ0) is 16.5. The maximum absolute atomic E-state index is 12.4. The van der Waals surface area contributed by atoms with Crippen molar-refractivity contribution in [1.29, 1.82) is 0 Å². The summed E-state index contributed by atoms with van der Waals surface area (Å²) in [5, 5.41) is 2.65. The molecule has 1 aliphatic rings. The van der Waals surface area contributed by atoms with Crippen molar-refractivity contribution in [2.45, 2.75) is 31.2 Å². The fourth-order valence-electron chi connectivity index (χ4n) is 2.27. The molecule has 1 N–H and O–H groups in total. The zero-order valence-corrected chi connectivity index (χ0v) is 13.7. The summed E-state index contributed by atoms with van der Waals surface area (Å²) in [4.78, 5) is 25.5. The van der Waals surface area contributed by atoms with E-state index in [1.165, 1.54) is 12.1 Å². The number of rotatable bonds is 5. The van der Waals surface area contributed by atoms with Crippen molar-refractivity contribution in [2.24, 2.45) is 5.92 Å². The molecular formula is C15H20N2O4S. The summed E-state index contributed by atoms with van der Waals surface area (Å²) in [6.07, 6.45) is 0. The standard InChI is InChI=1S/C15H20N2O4S/c1-11(2)15(3)13(18)17(14(19)16-15)9-10-22(20,21)12-7-5-4-6-8-12/h4-8,11H,9-10H2,1-3H3,(H,16,19)/t15-/m1/s1. The highest BCUT2D eigenvalue weighted by molar-refractivity contribution is 7.91. The van der Waals surface area contributed by atoms with E-state index in [1.54, 1.807) is 25.1 Å². The van der Waals surface area contributed by atoms with Crippen LogP contribution < -0.4 is 5.32 Å². The van der Waals surface area contributed by atoms with Crippen LogP contribution in [0.5, 0.6) is 0 Å². The molecule has 1 heterocycles. The number of carbonyl (C=O) groups excluding carboxylic acids is 2. The molecule has 7 heteroatoms. The summed E-state index contributed by atoms with van der Waals surface area (Å²) in [5.74, 6) is -0.750. The summed E-state index contributed by atoms with van der Waals surface area (Å²) < 4.78 is 24.5. The average Bonchev–Trinajstić information content (AvgIpc) is 2.69. The van der Waals surface area contributed by atoms with Crippen molar-refractivity contribution in [3.05, 3.63) is 30.3 Å². The molecule has 0 aromatic heterocycles. The Kier molecular flexibility index (Phi) is 4.28. The Morgan fingerprint density at radius 1 is 1.18 bits per heavy atom. The third-order valence-corrected chi connectivity index (χ3v) is 5.85. The molecular weight excluding hydrogens is 304 g/mol. The minimum absolute atomic E-state index is 0.0836. The number of hydrogen-bond acceptors (Lipinski definition) is 4. The first-order valence-corrected chi connectivity index (χ1v) is 8.75. The number of sulfone groups is 1. The number of imide groups is 1. The fraction of sp³-hybridized carbons (Fsp3) is 0.467. The number of carbonyl (C=O) groups is 2. The van der Waals surface area contributed by atoms with Crippen LogP contribution >= 0.6 is 0 Å². The molecule has 22 heavy (non-hydrogen) atoms. The molecule has 0 bridgehead atoms. The number of nitrogens with zero attached hydrogens (tertiary/aromatic N) is 1. The number of benzene rings is 1. The van der Waals surface area contributed by atoms with Crippen LogP contribution in [0.3, 0.4) is 0 Å². The number of amides is 3. The largest absolute Gasteiger partial charge is 0.325 e. The quantitative estimate of drug-likeness (QED) is 0.831. The van der Waals surface area contributed by atoms with E-state index in [0.717, 1.165) is 4.90 Å². The van der Waals surface area contributed by atoms with Crippen LogP contribution in [-0.2, 0) is 14.6 Å². The van der Waals surface area contributed by atoms with Crippen molar-refractivity contribution in [3.8, 4) is 0 Å². The molecule has 1 atom stereocenters. The lowest BCUT2D eigenvalue weighted by Gasteiger charge is -2.25. The Bertz CT molecular complexity index is 685. The molecule has 1 fully saturated rings. The van der Waals surface area contributed by atoms with Crippen molar-refractivity contribution in [1.82, 2.24) is 10.2 Å². The van der Waals surface area contributed by atoms with Gasteiger partial charge in [-0.15, -0.1) is 0 Å². The lowest BCUT2D eigenvalue weighted by Crippen LogP contribution is -2.48. The van der Waals surface area contributed by atoms with Gasteiger partial charge in [0, 0.05) is 6.54 Å². The lowest BCUT2D eigenvalue weighted by molar-refractivity contribution is -0.131. The minimum Gasteiger partial charge on any atom is -0.323 e. The summed E-state index contributed by atoms with van der Waals surface area (Å²) in [5.41, 5.74) is -0.979. The van der Waals surface area contributed by atoms with Gasteiger partial charge in [0.25, 0.3) is 5.91 Å². The maximum Gasteiger partial charge on any atom is 0.325 e. The van der Waals surface area contributed by atoms with Gasteiger partial charge in [-0.1, -0.05) is 32.0 Å². The molecule has 120 valence electrons. The Labute approximate surface area is 130 Å². The predicted octanol–water partition coefficient (Wildman–Crippen LogP) is 1.43. The van der Waals surface area contributed by atoms with Gasteiger partial charge in [0.05, 0.1) is 10.6 Å². The van der Waals surface area contributed by atoms with E-state index < -0.39 is 21.4 Å². The van der Waals surface area contributed by atoms with E-state index >= 15 is 0 Å². The van der Waals surface area contributed by atoms with Crippen LogP contribution in [0.25, 0.3) is 0 Å².